The molecule has 0 bridgehead atoms. The molecule has 172 valence electrons. The first-order chi connectivity index (χ1) is 15.0. The fraction of sp³-hybridized carbons (Fsp3) is 0.316. The molecule has 0 saturated carbocycles. The summed E-state index contributed by atoms with van der Waals surface area (Å²) in [5.74, 6) is -0.394. The molecule has 0 unspecified atom stereocenters. The van der Waals surface area contributed by atoms with Gasteiger partial charge in [0, 0.05) is 44.0 Å². The number of benzene rings is 2. The van der Waals surface area contributed by atoms with Gasteiger partial charge in [0.15, 0.2) is 0 Å². The van der Waals surface area contributed by atoms with E-state index in [0.29, 0.717) is 0 Å². The van der Waals surface area contributed by atoms with Crippen molar-refractivity contribution in [2.75, 3.05) is 38.0 Å². The predicted molar refractivity (Wildman–Crippen MR) is 108 cm³/mol. The predicted octanol–water partition coefficient (Wildman–Crippen LogP) is 2.56. The topological polar surface area (TPSA) is 113 Å². The lowest BCUT2D eigenvalue weighted by Gasteiger charge is -2.34. The molecule has 2 aromatic rings. The Morgan fingerprint density at radius 1 is 1.06 bits per heavy atom. The van der Waals surface area contributed by atoms with Gasteiger partial charge in [0.05, 0.1) is 21.9 Å². The maximum absolute atomic E-state index is 12.8. The minimum absolute atomic E-state index is 0.0136. The maximum Gasteiger partial charge on any atom is 0.416 e. The number of carbonyl (C=O) groups excluding carboxylic acids is 1. The number of nitro benzene ring substituents is 1. The summed E-state index contributed by atoms with van der Waals surface area (Å²) >= 11 is 0. The van der Waals surface area contributed by atoms with Gasteiger partial charge >= 0.3 is 6.18 Å². The molecule has 32 heavy (non-hydrogen) atoms. The van der Waals surface area contributed by atoms with Crippen molar-refractivity contribution in [2.24, 2.45) is 0 Å². The van der Waals surface area contributed by atoms with E-state index < -0.39 is 32.6 Å². The normalized spacial score (nSPS) is 15.4. The molecule has 0 spiro atoms. The van der Waals surface area contributed by atoms with Crippen LogP contribution in [0.5, 0.6) is 0 Å². The van der Waals surface area contributed by atoms with Crippen LogP contribution in [-0.2, 0) is 21.0 Å². The average Bonchev–Trinajstić information content (AvgIpc) is 2.77. The van der Waals surface area contributed by atoms with Crippen LogP contribution >= 0.6 is 0 Å². The van der Waals surface area contributed by atoms with Crippen molar-refractivity contribution in [1.82, 2.24) is 9.21 Å². The smallest absolute Gasteiger partial charge is 0.376 e. The van der Waals surface area contributed by atoms with Crippen LogP contribution in [0.3, 0.4) is 0 Å². The molecule has 0 atom stereocenters. The van der Waals surface area contributed by atoms with E-state index in [0.717, 1.165) is 22.5 Å². The van der Waals surface area contributed by atoms with Gasteiger partial charge in [-0.25, -0.2) is 8.42 Å². The van der Waals surface area contributed by atoms with E-state index in [1.54, 1.807) is 0 Å². The molecule has 1 amide bonds. The molecule has 0 radical (unpaired) electrons. The van der Waals surface area contributed by atoms with Crippen molar-refractivity contribution in [3.8, 4) is 0 Å². The lowest BCUT2D eigenvalue weighted by Crippen LogP contribution is -2.51. The third-order valence-electron chi connectivity index (χ3n) is 4.89. The van der Waals surface area contributed by atoms with Crippen molar-refractivity contribution >= 4 is 27.3 Å². The van der Waals surface area contributed by atoms with Crippen LogP contribution in [0, 0.1) is 10.1 Å². The summed E-state index contributed by atoms with van der Waals surface area (Å²) in [4.78, 5) is 23.8. The first-order valence-electron chi connectivity index (χ1n) is 9.42. The number of rotatable bonds is 6. The molecular formula is C19H19F3N4O5S. The summed E-state index contributed by atoms with van der Waals surface area (Å²) in [6.45, 7) is -0.117. The summed E-state index contributed by atoms with van der Waals surface area (Å²) in [5.41, 5.74) is -1.05. The maximum atomic E-state index is 12.8. The monoisotopic (exact) mass is 472 g/mol. The Bertz CT molecular complexity index is 1120. The third-order valence-corrected chi connectivity index (χ3v) is 6.79. The number of hydrogen-bond acceptors (Lipinski definition) is 6. The Morgan fingerprint density at radius 3 is 2.34 bits per heavy atom. The van der Waals surface area contributed by atoms with Gasteiger partial charge in [0.2, 0.25) is 15.9 Å². The van der Waals surface area contributed by atoms with E-state index >= 15 is 0 Å². The van der Waals surface area contributed by atoms with E-state index in [1.807, 2.05) is 0 Å². The molecule has 1 heterocycles. The summed E-state index contributed by atoms with van der Waals surface area (Å²) in [5, 5.41) is 13.5. The number of non-ortho nitro benzene ring substituents is 1. The van der Waals surface area contributed by atoms with Crippen molar-refractivity contribution in [2.45, 2.75) is 11.1 Å². The van der Waals surface area contributed by atoms with Gasteiger partial charge in [-0.15, -0.1) is 0 Å². The van der Waals surface area contributed by atoms with E-state index in [1.165, 1.54) is 35.2 Å². The first-order valence-corrected chi connectivity index (χ1v) is 10.9. The molecule has 1 aliphatic rings. The number of nitrogens with zero attached hydrogens (tertiary/aromatic N) is 3. The second-order valence-electron chi connectivity index (χ2n) is 6.97. The van der Waals surface area contributed by atoms with Crippen LogP contribution < -0.4 is 5.32 Å². The van der Waals surface area contributed by atoms with Gasteiger partial charge in [-0.3, -0.25) is 14.9 Å². The zero-order valence-electron chi connectivity index (χ0n) is 16.6. The largest absolute Gasteiger partial charge is 0.416 e. The molecule has 1 fully saturated rings. The lowest BCUT2D eigenvalue weighted by molar-refractivity contribution is -0.385. The molecule has 0 aromatic heterocycles. The van der Waals surface area contributed by atoms with Gasteiger partial charge in [-0.05, 0) is 24.3 Å². The van der Waals surface area contributed by atoms with Crippen molar-refractivity contribution in [1.29, 1.82) is 0 Å². The van der Waals surface area contributed by atoms with E-state index in [9.17, 15) is 36.5 Å². The van der Waals surface area contributed by atoms with Crippen molar-refractivity contribution in [3.63, 3.8) is 0 Å². The standard InChI is InChI=1S/C19H19F3N4O5S/c20-19(21,22)14-3-1-4-15(11-14)23-13-18(27)24-7-9-25(10-8-24)32(30,31)17-6-2-5-16(12-17)26(28)29/h1-6,11-12,23H,7-10,13H2. The fourth-order valence-corrected chi connectivity index (χ4v) is 4.64. The van der Waals surface area contributed by atoms with E-state index in [2.05, 4.69) is 5.32 Å². The summed E-state index contributed by atoms with van der Waals surface area (Å²) in [7, 11) is -3.97. The number of nitro groups is 1. The number of piperazine rings is 1. The number of halogens is 3. The van der Waals surface area contributed by atoms with Crippen molar-refractivity contribution < 1.29 is 31.3 Å². The summed E-state index contributed by atoms with van der Waals surface area (Å²) in [6, 6.07) is 9.17. The minimum atomic E-state index is -4.50. The first kappa shape index (κ1) is 23.5. The highest BCUT2D eigenvalue weighted by atomic mass is 32.2. The van der Waals surface area contributed by atoms with Crippen LogP contribution in [0.2, 0.25) is 0 Å². The Kier molecular flexibility index (Phi) is 6.69. The molecule has 3 rings (SSSR count). The van der Waals surface area contributed by atoms with Gasteiger partial charge < -0.3 is 10.2 Å². The minimum Gasteiger partial charge on any atom is -0.376 e. The average molecular weight is 472 g/mol. The molecule has 13 heteroatoms. The Labute approximate surface area is 181 Å². The second-order valence-corrected chi connectivity index (χ2v) is 8.91. The summed E-state index contributed by atoms with van der Waals surface area (Å²) < 4.78 is 65.0. The molecule has 1 N–H and O–H groups in total. The highest BCUT2D eigenvalue weighted by Gasteiger charge is 2.32. The van der Waals surface area contributed by atoms with Gasteiger partial charge in [-0.1, -0.05) is 12.1 Å². The van der Waals surface area contributed by atoms with Gasteiger partial charge in [0.25, 0.3) is 5.69 Å². The quantitative estimate of drug-likeness (QED) is 0.511. The number of amides is 1. The van der Waals surface area contributed by atoms with E-state index in [4.69, 9.17) is 0 Å². The number of carbonyl (C=O) groups is 1. The van der Waals surface area contributed by atoms with Crippen LogP contribution in [0.1, 0.15) is 5.56 Å². The van der Waals surface area contributed by atoms with Crippen LogP contribution in [0.4, 0.5) is 24.5 Å². The molecular weight excluding hydrogens is 453 g/mol. The summed E-state index contributed by atoms with van der Waals surface area (Å²) in [6.07, 6.45) is -4.50. The molecule has 0 aliphatic carbocycles. The van der Waals surface area contributed by atoms with Crippen LogP contribution in [0.25, 0.3) is 0 Å². The van der Waals surface area contributed by atoms with Gasteiger partial charge in [0.1, 0.15) is 0 Å². The van der Waals surface area contributed by atoms with Crippen molar-refractivity contribution in [3.05, 3.63) is 64.2 Å². The number of nitrogens with one attached hydrogen (secondary N) is 1. The lowest BCUT2D eigenvalue weighted by atomic mass is 10.2. The Balaban J connectivity index is 1.58. The number of sulfonamides is 1. The molecule has 2 aromatic carbocycles. The highest BCUT2D eigenvalue weighted by Crippen LogP contribution is 2.30. The zero-order valence-corrected chi connectivity index (χ0v) is 17.4. The molecule has 9 nitrogen and oxygen atoms in total. The number of hydrogen-bond donors (Lipinski definition) is 1. The Morgan fingerprint density at radius 2 is 1.72 bits per heavy atom. The second kappa shape index (κ2) is 9.12. The van der Waals surface area contributed by atoms with Crippen LogP contribution in [0.15, 0.2) is 53.4 Å². The highest BCUT2D eigenvalue weighted by molar-refractivity contribution is 7.89. The molecule has 1 saturated heterocycles. The Hall–Kier alpha value is -3.19. The third kappa shape index (κ3) is 5.34. The van der Waals surface area contributed by atoms with Crippen LogP contribution in [-0.4, -0.2) is 61.2 Å². The van der Waals surface area contributed by atoms with Gasteiger partial charge in [-0.2, -0.15) is 17.5 Å². The zero-order chi connectivity index (χ0) is 23.5. The fourth-order valence-electron chi connectivity index (χ4n) is 3.18. The van der Waals surface area contributed by atoms with E-state index in [-0.39, 0.29) is 49.0 Å². The number of alkyl halides is 3. The number of anilines is 1. The SMILES string of the molecule is O=C(CNc1cccc(C(F)(F)F)c1)N1CCN(S(=O)(=O)c2cccc([N+](=O)[O-])c2)CC1. The molecule has 1 aliphatic heterocycles.